The van der Waals surface area contributed by atoms with Crippen LogP contribution in [0.1, 0.15) is 39.5 Å². The summed E-state index contributed by atoms with van der Waals surface area (Å²) in [7, 11) is 0. The monoisotopic (exact) mass is 291 g/mol. The van der Waals surface area contributed by atoms with Crippen LogP contribution in [0.4, 0.5) is 0 Å². The molecular formula is C17H25NO3. The molecule has 2 atom stereocenters. The van der Waals surface area contributed by atoms with E-state index in [1.54, 1.807) is 0 Å². The number of hydrogen-bond acceptors (Lipinski definition) is 3. The quantitative estimate of drug-likeness (QED) is 0.876. The Morgan fingerprint density at radius 1 is 1.14 bits per heavy atom. The molecule has 0 saturated heterocycles. The lowest BCUT2D eigenvalue weighted by Gasteiger charge is -2.29. The molecule has 0 radical (unpaired) electrons. The highest BCUT2D eigenvalue weighted by Crippen LogP contribution is 2.23. The fraction of sp³-hybridized carbons (Fsp3) is 0.588. The van der Waals surface area contributed by atoms with Crippen molar-refractivity contribution in [2.45, 2.75) is 45.6 Å². The molecule has 0 heterocycles. The standard InChI is InChI=1S/C17H25NO3/c1-3-20-14-8-10-15(11-9-14)21-12-17(19)18-16-7-5-4-6-13(16)2/h8-11,13,16H,3-7,12H2,1-2H3,(H,18,19)/t13-,16-/m1/s1. The van der Waals surface area contributed by atoms with Crippen molar-refractivity contribution < 1.29 is 14.3 Å². The van der Waals surface area contributed by atoms with E-state index in [4.69, 9.17) is 9.47 Å². The van der Waals surface area contributed by atoms with Gasteiger partial charge in [0.25, 0.3) is 5.91 Å². The van der Waals surface area contributed by atoms with Crippen LogP contribution >= 0.6 is 0 Å². The molecule has 1 aliphatic rings. The van der Waals surface area contributed by atoms with Gasteiger partial charge in [0.15, 0.2) is 6.61 Å². The molecule has 1 aromatic rings. The maximum atomic E-state index is 11.9. The van der Waals surface area contributed by atoms with Gasteiger partial charge in [0, 0.05) is 6.04 Å². The second-order valence-electron chi connectivity index (χ2n) is 5.63. The molecule has 0 aliphatic heterocycles. The highest BCUT2D eigenvalue weighted by atomic mass is 16.5. The third-order valence-corrected chi connectivity index (χ3v) is 3.96. The van der Waals surface area contributed by atoms with E-state index in [2.05, 4.69) is 12.2 Å². The van der Waals surface area contributed by atoms with Gasteiger partial charge in [-0.15, -0.1) is 0 Å². The molecule has 21 heavy (non-hydrogen) atoms. The zero-order valence-electron chi connectivity index (χ0n) is 12.9. The fourth-order valence-corrected chi connectivity index (χ4v) is 2.73. The lowest BCUT2D eigenvalue weighted by molar-refractivity contribution is -0.124. The maximum absolute atomic E-state index is 11.9. The molecule has 0 bridgehead atoms. The third-order valence-electron chi connectivity index (χ3n) is 3.96. The van der Waals surface area contributed by atoms with Gasteiger partial charge in [-0.05, 0) is 49.9 Å². The number of ether oxygens (including phenoxy) is 2. The largest absolute Gasteiger partial charge is 0.494 e. The average Bonchev–Trinajstić information content (AvgIpc) is 2.49. The molecule has 4 heteroatoms. The molecule has 1 N–H and O–H groups in total. The first-order chi connectivity index (χ1) is 10.2. The zero-order chi connectivity index (χ0) is 15.1. The molecule has 1 aromatic carbocycles. The summed E-state index contributed by atoms with van der Waals surface area (Å²) in [6, 6.07) is 7.64. The van der Waals surface area contributed by atoms with Gasteiger partial charge in [0.1, 0.15) is 11.5 Å². The third kappa shape index (κ3) is 4.96. The summed E-state index contributed by atoms with van der Waals surface area (Å²) < 4.78 is 10.9. The SMILES string of the molecule is CCOc1ccc(OCC(=O)N[C@@H]2CCCC[C@H]2C)cc1. The van der Waals surface area contributed by atoms with Crippen molar-refractivity contribution in [2.24, 2.45) is 5.92 Å². The Kier molecular flexibility index (Phi) is 5.90. The summed E-state index contributed by atoms with van der Waals surface area (Å²) in [5.41, 5.74) is 0. The van der Waals surface area contributed by atoms with Crippen molar-refractivity contribution in [2.75, 3.05) is 13.2 Å². The second-order valence-corrected chi connectivity index (χ2v) is 5.63. The lowest BCUT2D eigenvalue weighted by atomic mass is 9.86. The first-order valence-electron chi connectivity index (χ1n) is 7.84. The Hall–Kier alpha value is -1.71. The molecule has 1 aliphatic carbocycles. The van der Waals surface area contributed by atoms with E-state index < -0.39 is 0 Å². The van der Waals surface area contributed by atoms with Crippen molar-refractivity contribution in [3.8, 4) is 11.5 Å². The lowest BCUT2D eigenvalue weighted by Crippen LogP contribution is -2.43. The minimum Gasteiger partial charge on any atom is -0.494 e. The van der Waals surface area contributed by atoms with Gasteiger partial charge in [0.2, 0.25) is 0 Å². The summed E-state index contributed by atoms with van der Waals surface area (Å²) in [6.45, 7) is 4.86. The van der Waals surface area contributed by atoms with Crippen molar-refractivity contribution in [3.05, 3.63) is 24.3 Å². The summed E-state index contributed by atoms with van der Waals surface area (Å²) >= 11 is 0. The van der Waals surface area contributed by atoms with Crippen molar-refractivity contribution in [3.63, 3.8) is 0 Å². The molecule has 0 aromatic heterocycles. The summed E-state index contributed by atoms with van der Waals surface area (Å²) in [5.74, 6) is 2.02. The Morgan fingerprint density at radius 2 is 1.76 bits per heavy atom. The van der Waals surface area contributed by atoms with Crippen LogP contribution in [0.15, 0.2) is 24.3 Å². The summed E-state index contributed by atoms with van der Waals surface area (Å²) in [5, 5.41) is 3.08. The number of amides is 1. The van der Waals surface area contributed by atoms with Crippen LogP contribution in [-0.2, 0) is 4.79 Å². The van der Waals surface area contributed by atoms with Crippen LogP contribution in [-0.4, -0.2) is 25.2 Å². The van der Waals surface area contributed by atoms with Gasteiger partial charge in [0.05, 0.1) is 6.61 Å². The van der Waals surface area contributed by atoms with Gasteiger partial charge in [-0.1, -0.05) is 19.8 Å². The molecule has 1 saturated carbocycles. The Labute approximate surface area is 126 Å². The normalized spacial score (nSPS) is 21.6. The van der Waals surface area contributed by atoms with Crippen LogP contribution in [0.2, 0.25) is 0 Å². The molecule has 2 rings (SSSR count). The van der Waals surface area contributed by atoms with E-state index in [9.17, 15) is 4.79 Å². The predicted octanol–water partition coefficient (Wildman–Crippen LogP) is 3.16. The fourth-order valence-electron chi connectivity index (χ4n) is 2.73. The van der Waals surface area contributed by atoms with Gasteiger partial charge >= 0.3 is 0 Å². The van der Waals surface area contributed by atoms with Crippen LogP contribution in [0.25, 0.3) is 0 Å². The smallest absolute Gasteiger partial charge is 0.258 e. The van der Waals surface area contributed by atoms with Gasteiger partial charge in [-0.25, -0.2) is 0 Å². The number of carbonyl (C=O) groups is 1. The number of nitrogens with one attached hydrogen (secondary N) is 1. The van der Waals surface area contributed by atoms with Crippen molar-refractivity contribution >= 4 is 5.91 Å². The molecule has 0 unspecified atom stereocenters. The average molecular weight is 291 g/mol. The second kappa shape index (κ2) is 7.91. The highest BCUT2D eigenvalue weighted by Gasteiger charge is 2.22. The maximum Gasteiger partial charge on any atom is 0.258 e. The highest BCUT2D eigenvalue weighted by molar-refractivity contribution is 5.77. The van der Waals surface area contributed by atoms with E-state index in [0.717, 1.165) is 12.2 Å². The molecule has 1 amide bonds. The van der Waals surface area contributed by atoms with E-state index in [1.807, 2.05) is 31.2 Å². The first kappa shape index (κ1) is 15.7. The van der Waals surface area contributed by atoms with E-state index in [-0.39, 0.29) is 12.5 Å². The number of hydrogen-bond donors (Lipinski definition) is 1. The van der Waals surface area contributed by atoms with Crippen molar-refractivity contribution in [1.29, 1.82) is 0 Å². The Morgan fingerprint density at radius 3 is 2.38 bits per heavy atom. The molecule has 4 nitrogen and oxygen atoms in total. The van der Waals surface area contributed by atoms with Gasteiger partial charge < -0.3 is 14.8 Å². The van der Waals surface area contributed by atoms with Crippen LogP contribution in [0.3, 0.4) is 0 Å². The molecule has 116 valence electrons. The first-order valence-corrected chi connectivity index (χ1v) is 7.84. The van der Waals surface area contributed by atoms with Crippen LogP contribution < -0.4 is 14.8 Å². The number of rotatable bonds is 6. The van der Waals surface area contributed by atoms with Crippen LogP contribution in [0, 0.1) is 5.92 Å². The van der Waals surface area contributed by atoms with Gasteiger partial charge in [-0.2, -0.15) is 0 Å². The van der Waals surface area contributed by atoms with E-state index in [1.165, 1.54) is 19.3 Å². The van der Waals surface area contributed by atoms with Crippen LogP contribution in [0.5, 0.6) is 11.5 Å². The number of benzene rings is 1. The molecule has 0 spiro atoms. The van der Waals surface area contributed by atoms with Gasteiger partial charge in [-0.3, -0.25) is 4.79 Å². The molecular weight excluding hydrogens is 266 g/mol. The predicted molar refractivity (Wildman–Crippen MR) is 82.7 cm³/mol. The van der Waals surface area contributed by atoms with E-state index in [0.29, 0.717) is 24.3 Å². The number of carbonyl (C=O) groups excluding carboxylic acids is 1. The summed E-state index contributed by atoms with van der Waals surface area (Å²) in [4.78, 5) is 11.9. The Bertz CT molecular complexity index is 444. The van der Waals surface area contributed by atoms with Crippen molar-refractivity contribution in [1.82, 2.24) is 5.32 Å². The van der Waals surface area contributed by atoms with E-state index >= 15 is 0 Å². The summed E-state index contributed by atoms with van der Waals surface area (Å²) in [6.07, 6.45) is 4.76. The topological polar surface area (TPSA) is 47.6 Å². The minimum atomic E-state index is -0.0392. The minimum absolute atomic E-state index is 0.0392. The zero-order valence-corrected chi connectivity index (χ0v) is 12.9. The molecule has 1 fully saturated rings. The Balaban J connectivity index is 1.75.